The van der Waals surface area contributed by atoms with Crippen molar-refractivity contribution in [2.24, 2.45) is 0 Å². The van der Waals surface area contributed by atoms with E-state index in [-0.39, 0.29) is 23.6 Å². The lowest BCUT2D eigenvalue weighted by Gasteiger charge is -2.24. The number of carbonyl (C=O) groups is 1. The molecule has 0 unspecified atom stereocenters. The summed E-state index contributed by atoms with van der Waals surface area (Å²) in [5, 5.41) is 0. The van der Waals surface area contributed by atoms with Crippen LogP contribution in [-0.4, -0.2) is 12.6 Å². The molecule has 0 aliphatic heterocycles. The molecule has 0 amide bonds. The summed E-state index contributed by atoms with van der Waals surface area (Å²) in [6, 6.07) is 4.79. The molecule has 4 heteroatoms. The van der Waals surface area contributed by atoms with Gasteiger partial charge in [0, 0.05) is 5.41 Å². The third-order valence-corrected chi connectivity index (χ3v) is 3.20. The van der Waals surface area contributed by atoms with Crippen molar-refractivity contribution < 1.29 is 13.9 Å². The van der Waals surface area contributed by atoms with Gasteiger partial charge in [-0.15, -0.1) is 0 Å². The largest absolute Gasteiger partial charge is 0.466 e. The number of benzene rings is 1. The minimum atomic E-state index is -0.373. The molecule has 0 N–H and O–H groups in total. The van der Waals surface area contributed by atoms with Gasteiger partial charge in [-0.3, -0.25) is 4.79 Å². The molecular weight excluding hydrogens is 287 g/mol. The molecule has 17 heavy (non-hydrogen) atoms. The van der Waals surface area contributed by atoms with E-state index in [0.717, 1.165) is 5.56 Å². The molecule has 0 bridgehead atoms. The van der Waals surface area contributed by atoms with E-state index < -0.39 is 0 Å². The van der Waals surface area contributed by atoms with Crippen LogP contribution in [0, 0.1) is 5.82 Å². The highest BCUT2D eigenvalue weighted by atomic mass is 79.9. The SMILES string of the molecule is CCOC(=O)CC(C)(C)c1ccc(F)c(Br)c1. The number of esters is 1. The highest BCUT2D eigenvalue weighted by molar-refractivity contribution is 9.10. The molecular formula is C13H16BrFO2. The lowest BCUT2D eigenvalue weighted by molar-refractivity contribution is -0.144. The first-order chi connectivity index (χ1) is 7.86. The normalized spacial score (nSPS) is 11.4. The molecule has 0 heterocycles. The van der Waals surface area contributed by atoms with Crippen molar-refractivity contribution >= 4 is 21.9 Å². The van der Waals surface area contributed by atoms with Crippen molar-refractivity contribution in [1.82, 2.24) is 0 Å². The summed E-state index contributed by atoms with van der Waals surface area (Å²) >= 11 is 3.14. The van der Waals surface area contributed by atoms with E-state index in [1.807, 2.05) is 13.8 Å². The topological polar surface area (TPSA) is 26.3 Å². The van der Waals surface area contributed by atoms with Gasteiger partial charge in [0.15, 0.2) is 0 Å². The van der Waals surface area contributed by atoms with Gasteiger partial charge in [-0.2, -0.15) is 0 Å². The second kappa shape index (κ2) is 5.63. The first-order valence-electron chi connectivity index (χ1n) is 5.48. The number of carbonyl (C=O) groups excluding carboxylic acids is 1. The number of hydrogen-bond acceptors (Lipinski definition) is 2. The molecule has 0 saturated heterocycles. The summed E-state index contributed by atoms with van der Waals surface area (Å²) in [4.78, 5) is 11.5. The van der Waals surface area contributed by atoms with Crippen molar-refractivity contribution in [1.29, 1.82) is 0 Å². The predicted molar refractivity (Wildman–Crippen MR) is 68.4 cm³/mol. The van der Waals surface area contributed by atoms with Crippen molar-refractivity contribution in [3.63, 3.8) is 0 Å². The molecule has 1 aromatic rings. The lowest BCUT2D eigenvalue weighted by Crippen LogP contribution is -2.23. The van der Waals surface area contributed by atoms with Gasteiger partial charge in [0.1, 0.15) is 5.82 Å². The smallest absolute Gasteiger partial charge is 0.306 e. The Hall–Kier alpha value is -0.900. The molecule has 0 fully saturated rings. The molecule has 0 aromatic heterocycles. The Morgan fingerprint density at radius 2 is 2.12 bits per heavy atom. The van der Waals surface area contributed by atoms with Crippen LogP contribution in [0.1, 0.15) is 32.8 Å². The van der Waals surface area contributed by atoms with Crippen molar-refractivity contribution in [2.45, 2.75) is 32.6 Å². The van der Waals surface area contributed by atoms with Crippen molar-refractivity contribution in [3.05, 3.63) is 34.1 Å². The summed E-state index contributed by atoms with van der Waals surface area (Å²) in [6.07, 6.45) is 0.277. The van der Waals surface area contributed by atoms with Crippen LogP contribution in [0.5, 0.6) is 0 Å². The molecule has 2 nitrogen and oxygen atoms in total. The summed E-state index contributed by atoms with van der Waals surface area (Å²) in [7, 11) is 0. The Labute approximate surface area is 109 Å². The Bertz CT molecular complexity index is 416. The zero-order valence-corrected chi connectivity index (χ0v) is 11.8. The first-order valence-corrected chi connectivity index (χ1v) is 6.27. The van der Waals surface area contributed by atoms with E-state index in [4.69, 9.17) is 4.74 Å². The zero-order chi connectivity index (χ0) is 13.1. The van der Waals surface area contributed by atoms with Crippen LogP contribution in [0.3, 0.4) is 0 Å². The maximum atomic E-state index is 13.1. The monoisotopic (exact) mass is 302 g/mol. The van der Waals surface area contributed by atoms with Gasteiger partial charge >= 0.3 is 5.97 Å². The highest BCUT2D eigenvalue weighted by Crippen LogP contribution is 2.30. The van der Waals surface area contributed by atoms with E-state index in [1.54, 1.807) is 19.1 Å². The van der Waals surface area contributed by atoms with Gasteiger partial charge in [0.05, 0.1) is 17.5 Å². The number of ether oxygens (including phenoxy) is 1. The third kappa shape index (κ3) is 3.80. The molecule has 0 saturated carbocycles. The van der Waals surface area contributed by atoms with Gasteiger partial charge < -0.3 is 4.74 Å². The molecule has 1 aromatic carbocycles. The number of halogens is 2. The van der Waals surface area contributed by atoms with E-state index in [9.17, 15) is 9.18 Å². The van der Waals surface area contributed by atoms with Gasteiger partial charge in [0.2, 0.25) is 0 Å². The summed E-state index contributed by atoms with van der Waals surface area (Å²) in [5.74, 6) is -0.543. The molecule has 0 aliphatic carbocycles. The standard InChI is InChI=1S/C13H16BrFO2/c1-4-17-12(16)8-13(2,3)9-5-6-11(15)10(14)7-9/h5-7H,4,8H2,1-3H3. The molecule has 0 aliphatic rings. The average Bonchev–Trinajstić information content (AvgIpc) is 2.21. The third-order valence-electron chi connectivity index (χ3n) is 2.59. The van der Waals surface area contributed by atoms with E-state index in [2.05, 4.69) is 15.9 Å². The molecule has 1 rings (SSSR count). The van der Waals surface area contributed by atoms with Crippen LogP contribution in [0.4, 0.5) is 4.39 Å². The summed E-state index contributed by atoms with van der Waals surface area (Å²) < 4.78 is 18.5. The van der Waals surface area contributed by atoms with Crippen LogP contribution in [-0.2, 0) is 14.9 Å². The van der Waals surface area contributed by atoms with Crippen LogP contribution < -0.4 is 0 Å². The second-order valence-corrected chi connectivity index (χ2v) is 5.35. The minimum absolute atomic E-state index is 0.238. The van der Waals surface area contributed by atoms with Gasteiger partial charge in [-0.05, 0) is 40.5 Å². The summed E-state index contributed by atoms with van der Waals surface area (Å²) in [5.41, 5.74) is 0.529. The fourth-order valence-electron chi connectivity index (χ4n) is 1.59. The lowest BCUT2D eigenvalue weighted by atomic mass is 9.81. The molecule has 0 atom stereocenters. The number of hydrogen-bond donors (Lipinski definition) is 0. The van der Waals surface area contributed by atoms with E-state index in [1.165, 1.54) is 6.07 Å². The highest BCUT2D eigenvalue weighted by Gasteiger charge is 2.25. The Kier molecular flexibility index (Phi) is 4.69. The summed E-state index contributed by atoms with van der Waals surface area (Å²) in [6.45, 7) is 6.02. The first kappa shape index (κ1) is 14.2. The Morgan fingerprint density at radius 3 is 2.65 bits per heavy atom. The van der Waals surface area contributed by atoms with Crippen molar-refractivity contribution in [2.75, 3.05) is 6.61 Å². The Morgan fingerprint density at radius 1 is 1.47 bits per heavy atom. The predicted octanol–water partition coefficient (Wildman–Crippen LogP) is 3.82. The van der Waals surface area contributed by atoms with Crippen LogP contribution in [0.25, 0.3) is 0 Å². The number of rotatable bonds is 4. The van der Waals surface area contributed by atoms with Gasteiger partial charge in [-0.1, -0.05) is 19.9 Å². The van der Waals surface area contributed by atoms with E-state index >= 15 is 0 Å². The molecule has 0 radical (unpaired) electrons. The minimum Gasteiger partial charge on any atom is -0.466 e. The van der Waals surface area contributed by atoms with Crippen molar-refractivity contribution in [3.8, 4) is 0 Å². The van der Waals surface area contributed by atoms with Gasteiger partial charge in [0.25, 0.3) is 0 Å². The quantitative estimate of drug-likeness (QED) is 0.790. The van der Waals surface area contributed by atoms with Crippen LogP contribution in [0.2, 0.25) is 0 Å². The van der Waals surface area contributed by atoms with E-state index in [0.29, 0.717) is 11.1 Å². The van der Waals surface area contributed by atoms with Crippen LogP contribution in [0.15, 0.2) is 22.7 Å². The fourth-order valence-corrected chi connectivity index (χ4v) is 1.97. The molecule has 0 spiro atoms. The van der Waals surface area contributed by atoms with Crippen LogP contribution >= 0.6 is 15.9 Å². The Balaban J connectivity index is 2.88. The zero-order valence-electron chi connectivity index (χ0n) is 10.2. The maximum Gasteiger partial charge on any atom is 0.306 e. The fraction of sp³-hybridized carbons (Fsp3) is 0.462. The molecule has 94 valence electrons. The average molecular weight is 303 g/mol. The second-order valence-electron chi connectivity index (χ2n) is 4.49. The maximum absolute atomic E-state index is 13.1. The van der Waals surface area contributed by atoms with Gasteiger partial charge in [-0.25, -0.2) is 4.39 Å².